The molecule has 20 heavy (non-hydrogen) atoms. The summed E-state index contributed by atoms with van der Waals surface area (Å²) in [5.41, 5.74) is 7.17. The van der Waals surface area contributed by atoms with Crippen LogP contribution in [0.4, 0.5) is 0 Å². The number of benzene rings is 1. The summed E-state index contributed by atoms with van der Waals surface area (Å²) in [4.78, 5) is 2.46. The predicted molar refractivity (Wildman–Crippen MR) is 84.8 cm³/mol. The Labute approximate surface area is 125 Å². The molecular formula is C15H24N2O2S. The topological polar surface area (TPSA) is 47.7 Å². The van der Waals surface area contributed by atoms with Gasteiger partial charge in [-0.3, -0.25) is 4.90 Å². The summed E-state index contributed by atoms with van der Waals surface area (Å²) in [6, 6.07) is 6.19. The number of thioether (sulfide) groups is 1. The maximum atomic E-state index is 6.05. The molecule has 0 aromatic heterocycles. The Morgan fingerprint density at radius 3 is 2.80 bits per heavy atom. The SMILES string of the molecule is COc1cccc(C(CN)N2CCSC(C)C2)c1OC. The number of methoxy groups -OCH3 is 2. The number of hydrogen-bond acceptors (Lipinski definition) is 5. The van der Waals surface area contributed by atoms with E-state index in [0.717, 1.165) is 35.9 Å². The number of ether oxygens (including phenoxy) is 2. The highest BCUT2D eigenvalue weighted by molar-refractivity contribution is 7.99. The van der Waals surface area contributed by atoms with Gasteiger partial charge in [0.25, 0.3) is 0 Å². The summed E-state index contributed by atoms with van der Waals surface area (Å²) < 4.78 is 10.9. The summed E-state index contributed by atoms with van der Waals surface area (Å²) in [7, 11) is 3.35. The molecule has 0 spiro atoms. The highest BCUT2D eigenvalue weighted by Gasteiger charge is 2.27. The second kappa shape index (κ2) is 7.20. The number of hydrogen-bond donors (Lipinski definition) is 1. The van der Waals surface area contributed by atoms with E-state index in [2.05, 4.69) is 17.9 Å². The van der Waals surface area contributed by atoms with Crippen molar-refractivity contribution < 1.29 is 9.47 Å². The van der Waals surface area contributed by atoms with Crippen LogP contribution < -0.4 is 15.2 Å². The molecular weight excluding hydrogens is 272 g/mol. The maximum absolute atomic E-state index is 6.05. The van der Waals surface area contributed by atoms with Crippen LogP contribution in [-0.4, -0.2) is 49.8 Å². The number of para-hydroxylation sites is 1. The summed E-state index contributed by atoms with van der Waals surface area (Å²) >= 11 is 2.02. The van der Waals surface area contributed by atoms with Gasteiger partial charge in [0.05, 0.1) is 20.3 Å². The van der Waals surface area contributed by atoms with Crippen molar-refractivity contribution in [1.29, 1.82) is 0 Å². The minimum Gasteiger partial charge on any atom is -0.493 e. The largest absolute Gasteiger partial charge is 0.493 e. The third-order valence-corrected chi connectivity index (χ3v) is 4.87. The van der Waals surface area contributed by atoms with Crippen LogP contribution in [-0.2, 0) is 0 Å². The highest BCUT2D eigenvalue weighted by Crippen LogP contribution is 2.37. The minimum absolute atomic E-state index is 0.184. The van der Waals surface area contributed by atoms with E-state index >= 15 is 0 Å². The maximum Gasteiger partial charge on any atom is 0.165 e. The molecule has 1 aromatic rings. The molecule has 2 rings (SSSR count). The van der Waals surface area contributed by atoms with Gasteiger partial charge in [-0.2, -0.15) is 11.8 Å². The second-order valence-corrected chi connectivity index (χ2v) is 6.56. The van der Waals surface area contributed by atoms with E-state index in [1.807, 2.05) is 23.9 Å². The standard InChI is InChI=1S/C15H24N2O2S/c1-11-10-17(7-8-20-11)13(9-16)12-5-4-6-14(18-2)15(12)19-3/h4-6,11,13H,7-10,16H2,1-3H3. The van der Waals surface area contributed by atoms with Gasteiger partial charge in [0.1, 0.15) is 0 Å². The summed E-state index contributed by atoms with van der Waals surface area (Å²) in [5, 5.41) is 0.648. The van der Waals surface area contributed by atoms with Crippen LogP contribution in [0.2, 0.25) is 0 Å². The van der Waals surface area contributed by atoms with E-state index < -0.39 is 0 Å². The van der Waals surface area contributed by atoms with Gasteiger partial charge in [0.15, 0.2) is 11.5 Å². The van der Waals surface area contributed by atoms with E-state index in [1.54, 1.807) is 14.2 Å². The van der Waals surface area contributed by atoms with E-state index in [4.69, 9.17) is 15.2 Å². The molecule has 0 radical (unpaired) electrons. The van der Waals surface area contributed by atoms with Crippen molar-refractivity contribution in [2.75, 3.05) is 39.6 Å². The normalized spacial score (nSPS) is 21.5. The zero-order valence-corrected chi connectivity index (χ0v) is 13.3. The lowest BCUT2D eigenvalue weighted by Crippen LogP contribution is -2.42. The molecule has 2 N–H and O–H groups in total. The molecule has 0 aliphatic carbocycles. The Morgan fingerprint density at radius 2 is 2.20 bits per heavy atom. The fourth-order valence-corrected chi connectivity index (χ4v) is 3.81. The van der Waals surface area contributed by atoms with Crippen molar-refractivity contribution in [3.05, 3.63) is 23.8 Å². The molecule has 1 aliphatic rings. The molecule has 112 valence electrons. The van der Waals surface area contributed by atoms with Crippen molar-refractivity contribution >= 4 is 11.8 Å². The molecule has 0 amide bonds. The van der Waals surface area contributed by atoms with E-state index in [-0.39, 0.29) is 6.04 Å². The smallest absolute Gasteiger partial charge is 0.165 e. The van der Waals surface area contributed by atoms with Gasteiger partial charge in [0, 0.05) is 36.2 Å². The Bertz CT molecular complexity index is 442. The van der Waals surface area contributed by atoms with E-state index in [1.165, 1.54) is 0 Å². The fraction of sp³-hybridized carbons (Fsp3) is 0.600. The lowest BCUT2D eigenvalue weighted by atomic mass is 10.0. The molecule has 1 aliphatic heterocycles. The van der Waals surface area contributed by atoms with Crippen LogP contribution in [0, 0.1) is 0 Å². The van der Waals surface area contributed by atoms with Crippen LogP contribution >= 0.6 is 11.8 Å². The summed E-state index contributed by atoms with van der Waals surface area (Å²) in [5.74, 6) is 2.73. The van der Waals surface area contributed by atoms with Crippen LogP contribution in [0.1, 0.15) is 18.5 Å². The fourth-order valence-electron chi connectivity index (χ4n) is 2.78. The minimum atomic E-state index is 0.184. The monoisotopic (exact) mass is 296 g/mol. The van der Waals surface area contributed by atoms with Gasteiger partial charge in [-0.05, 0) is 6.07 Å². The van der Waals surface area contributed by atoms with Crippen LogP contribution in [0.25, 0.3) is 0 Å². The first kappa shape index (κ1) is 15.5. The van der Waals surface area contributed by atoms with Crippen LogP contribution in [0.5, 0.6) is 11.5 Å². The molecule has 0 saturated carbocycles. The molecule has 1 aromatic carbocycles. The molecule has 1 saturated heterocycles. The van der Waals surface area contributed by atoms with Crippen LogP contribution in [0.3, 0.4) is 0 Å². The van der Waals surface area contributed by atoms with Crippen molar-refractivity contribution in [1.82, 2.24) is 4.90 Å². The number of rotatable bonds is 5. The van der Waals surface area contributed by atoms with Gasteiger partial charge in [0.2, 0.25) is 0 Å². The van der Waals surface area contributed by atoms with Crippen LogP contribution in [0.15, 0.2) is 18.2 Å². The molecule has 2 unspecified atom stereocenters. The molecule has 1 heterocycles. The molecule has 1 fully saturated rings. The summed E-state index contributed by atoms with van der Waals surface area (Å²) in [6.45, 7) is 4.98. The summed E-state index contributed by atoms with van der Waals surface area (Å²) in [6.07, 6.45) is 0. The van der Waals surface area contributed by atoms with Gasteiger partial charge in [-0.15, -0.1) is 0 Å². The second-order valence-electron chi connectivity index (χ2n) is 5.01. The molecule has 5 heteroatoms. The average Bonchev–Trinajstić information content (AvgIpc) is 2.47. The third kappa shape index (κ3) is 3.22. The molecule has 0 bridgehead atoms. The first-order valence-electron chi connectivity index (χ1n) is 6.97. The van der Waals surface area contributed by atoms with Gasteiger partial charge >= 0.3 is 0 Å². The zero-order valence-electron chi connectivity index (χ0n) is 12.5. The Hall–Kier alpha value is -0.910. The van der Waals surface area contributed by atoms with Gasteiger partial charge in [-0.25, -0.2) is 0 Å². The van der Waals surface area contributed by atoms with Crippen molar-refractivity contribution in [2.24, 2.45) is 5.73 Å². The van der Waals surface area contributed by atoms with Gasteiger partial charge in [-0.1, -0.05) is 19.1 Å². The Balaban J connectivity index is 2.31. The van der Waals surface area contributed by atoms with Crippen molar-refractivity contribution in [3.63, 3.8) is 0 Å². The Morgan fingerprint density at radius 1 is 1.40 bits per heavy atom. The molecule has 4 nitrogen and oxygen atoms in total. The van der Waals surface area contributed by atoms with Crippen molar-refractivity contribution in [3.8, 4) is 11.5 Å². The predicted octanol–water partition coefficient (Wildman–Crippen LogP) is 2.14. The van der Waals surface area contributed by atoms with Crippen molar-refractivity contribution in [2.45, 2.75) is 18.2 Å². The lowest BCUT2D eigenvalue weighted by molar-refractivity contribution is 0.206. The average molecular weight is 296 g/mol. The van der Waals surface area contributed by atoms with E-state index in [0.29, 0.717) is 11.8 Å². The Kier molecular flexibility index (Phi) is 5.57. The highest BCUT2D eigenvalue weighted by atomic mass is 32.2. The first-order valence-corrected chi connectivity index (χ1v) is 8.02. The lowest BCUT2D eigenvalue weighted by Gasteiger charge is -2.37. The zero-order chi connectivity index (χ0) is 14.5. The quantitative estimate of drug-likeness (QED) is 0.902. The van der Waals surface area contributed by atoms with Gasteiger partial charge < -0.3 is 15.2 Å². The third-order valence-electron chi connectivity index (χ3n) is 3.73. The number of nitrogens with two attached hydrogens (primary N) is 1. The number of nitrogens with zero attached hydrogens (tertiary/aromatic N) is 1. The first-order chi connectivity index (χ1) is 9.71. The molecule has 2 atom stereocenters. The van der Waals surface area contributed by atoms with E-state index in [9.17, 15) is 0 Å².